The molecule has 0 saturated heterocycles. The minimum atomic E-state index is -0.120. The van der Waals surface area contributed by atoms with Gasteiger partial charge < -0.3 is 9.84 Å². The summed E-state index contributed by atoms with van der Waals surface area (Å²) in [5, 5.41) is 10.5. The van der Waals surface area contributed by atoms with Crippen LogP contribution in [0.25, 0.3) is 0 Å². The van der Waals surface area contributed by atoms with Crippen LogP contribution in [0.15, 0.2) is 0 Å². The van der Waals surface area contributed by atoms with Gasteiger partial charge in [-0.3, -0.25) is 4.79 Å². The van der Waals surface area contributed by atoms with Crippen LogP contribution in [0.2, 0.25) is 0 Å². The van der Waals surface area contributed by atoms with Gasteiger partial charge in [0, 0.05) is 6.92 Å². The van der Waals surface area contributed by atoms with Gasteiger partial charge in [-0.25, -0.2) is 0 Å². The van der Waals surface area contributed by atoms with E-state index in [1.165, 1.54) is 45.4 Å². The summed E-state index contributed by atoms with van der Waals surface area (Å²) in [4.78, 5) is 11.3. The van der Waals surface area contributed by atoms with Gasteiger partial charge in [0.1, 0.15) is 6.10 Å². The number of aliphatic hydroxyl groups excluding tert-OH is 1. The van der Waals surface area contributed by atoms with Gasteiger partial charge in [0.25, 0.3) is 0 Å². The summed E-state index contributed by atoms with van der Waals surface area (Å²) in [7, 11) is 0. The highest BCUT2D eigenvalue weighted by Gasteiger charge is 2.60. The lowest BCUT2D eigenvalue weighted by Crippen LogP contribution is -2.54. The van der Waals surface area contributed by atoms with Crippen LogP contribution in [0, 0.1) is 34.5 Å². The van der Waals surface area contributed by atoms with Crippen LogP contribution in [-0.2, 0) is 9.53 Å². The van der Waals surface area contributed by atoms with Crippen molar-refractivity contribution in [3.63, 3.8) is 0 Å². The van der Waals surface area contributed by atoms with Crippen molar-refractivity contribution in [2.45, 2.75) is 90.8 Å². The number of ether oxygens (including phenoxy) is 1. The first-order valence-electron chi connectivity index (χ1n) is 10.2. The highest BCUT2D eigenvalue weighted by Crippen LogP contribution is 2.66. The van der Waals surface area contributed by atoms with Gasteiger partial charge in [0.15, 0.2) is 0 Å². The maximum absolute atomic E-state index is 11.3. The van der Waals surface area contributed by atoms with E-state index in [0.717, 1.165) is 37.0 Å². The third-order valence-electron chi connectivity index (χ3n) is 8.90. The normalized spacial score (nSPS) is 53.7. The van der Waals surface area contributed by atoms with Crippen LogP contribution < -0.4 is 0 Å². The first-order chi connectivity index (χ1) is 11.3. The monoisotopic (exact) mass is 334 g/mol. The van der Waals surface area contributed by atoms with E-state index in [9.17, 15) is 9.90 Å². The van der Waals surface area contributed by atoms with Crippen LogP contribution >= 0.6 is 0 Å². The van der Waals surface area contributed by atoms with Crippen LogP contribution in [-0.4, -0.2) is 23.3 Å². The Bertz CT molecular complexity index is 517. The summed E-state index contributed by atoms with van der Waals surface area (Å²) in [5.74, 6) is 2.96. The number of carbonyl (C=O) groups excluding carboxylic acids is 1. The van der Waals surface area contributed by atoms with E-state index < -0.39 is 0 Å². The van der Waals surface area contributed by atoms with Crippen molar-refractivity contribution in [2.24, 2.45) is 34.5 Å². The summed E-state index contributed by atoms with van der Waals surface area (Å²) in [6.45, 7) is 6.43. The second-order valence-corrected chi connectivity index (χ2v) is 9.80. The standard InChI is InChI=1S/C21H34O3/c1-13(22)24-15-8-10-20(2)14(12-15)4-5-16-17-6-7-19(23)21(17,3)11-9-18(16)20/h14-19,23H,4-12H2,1-3H3/t14-,15-,16-,17+,18-,19+,20-,21-/m0/s1. The van der Waals surface area contributed by atoms with Crippen LogP contribution in [0.5, 0.6) is 0 Å². The van der Waals surface area contributed by atoms with E-state index in [-0.39, 0.29) is 23.6 Å². The molecule has 3 heteroatoms. The molecule has 0 spiro atoms. The van der Waals surface area contributed by atoms with Crippen molar-refractivity contribution in [3.05, 3.63) is 0 Å². The molecule has 0 aromatic heterocycles. The molecule has 0 amide bonds. The van der Waals surface area contributed by atoms with Crippen molar-refractivity contribution >= 4 is 5.97 Å². The molecule has 24 heavy (non-hydrogen) atoms. The average molecular weight is 335 g/mol. The third-order valence-corrected chi connectivity index (χ3v) is 8.90. The molecule has 3 nitrogen and oxygen atoms in total. The van der Waals surface area contributed by atoms with Gasteiger partial charge >= 0.3 is 5.97 Å². The van der Waals surface area contributed by atoms with Gasteiger partial charge in [-0.1, -0.05) is 13.8 Å². The molecule has 0 heterocycles. The number of esters is 1. The van der Waals surface area contributed by atoms with Gasteiger partial charge in [-0.15, -0.1) is 0 Å². The maximum atomic E-state index is 11.3. The highest BCUT2D eigenvalue weighted by atomic mass is 16.5. The predicted octanol–water partition coefficient (Wildman–Crippen LogP) is 4.32. The molecule has 4 aliphatic rings. The lowest BCUT2D eigenvalue weighted by molar-refractivity contribution is -0.161. The molecule has 0 bridgehead atoms. The van der Waals surface area contributed by atoms with Gasteiger partial charge in [0.05, 0.1) is 6.10 Å². The van der Waals surface area contributed by atoms with Crippen molar-refractivity contribution in [1.29, 1.82) is 0 Å². The summed E-state index contributed by atoms with van der Waals surface area (Å²) >= 11 is 0. The second kappa shape index (κ2) is 5.72. The number of hydrogen-bond donors (Lipinski definition) is 1. The van der Waals surface area contributed by atoms with Crippen LogP contribution in [0.4, 0.5) is 0 Å². The van der Waals surface area contributed by atoms with E-state index in [2.05, 4.69) is 13.8 Å². The lowest BCUT2D eigenvalue weighted by atomic mass is 9.45. The van der Waals surface area contributed by atoms with E-state index in [0.29, 0.717) is 11.3 Å². The molecular formula is C21H34O3. The zero-order valence-corrected chi connectivity index (χ0v) is 15.6. The topological polar surface area (TPSA) is 46.5 Å². The fraction of sp³-hybridized carbons (Fsp3) is 0.952. The number of aliphatic hydroxyl groups is 1. The van der Waals surface area contributed by atoms with E-state index in [1.807, 2.05) is 0 Å². The van der Waals surface area contributed by atoms with E-state index in [4.69, 9.17) is 4.74 Å². The minimum Gasteiger partial charge on any atom is -0.463 e. The molecule has 4 saturated carbocycles. The number of carbonyl (C=O) groups is 1. The van der Waals surface area contributed by atoms with Crippen LogP contribution in [0.3, 0.4) is 0 Å². The Labute approximate surface area is 146 Å². The lowest BCUT2D eigenvalue weighted by Gasteiger charge is -2.60. The number of rotatable bonds is 1. The minimum absolute atomic E-state index is 0.0753. The number of fused-ring (bicyclic) bond motifs is 5. The van der Waals surface area contributed by atoms with Crippen molar-refractivity contribution in [1.82, 2.24) is 0 Å². The predicted molar refractivity (Wildman–Crippen MR) is 93.3 cm³/mol. The second-order valence-electron chi connectivity index (χ2n) is 9.80. The molecule has 0 aromatic carbocycles. The zero-order valence-electron chi connectivity index (χ0n) is 15.6. The molecular weight excluding hydrogens is 300 g/mol. The SMILES string of the molecule is CC(=O)O[C@H]1CC[C@@]2(C)[C@@H](CC[C@H]3[C@H]4CC[C@@H](O)[C@@]4(C)CC[C@@H]32)C1. The first kappa shape index (κ1) is 16.9. The summed E-state index contributed by atoms with van der Waals surface area (Å²) in [6, 6.07) is 0. The van der Waals surface area contributed by atoms with Crippen molar-refractivity contribution in [3.8, 4) is 0 Å². The quantitative estimate of drug-likeness (QED) is 0.726. The molecule has 4 aliphatic carbocycles. The summed E-state index contributed by atoms with van der Waals surface area (Å²) < 4.78 is 5.55. The highest BCUT2D eigenvalue weighted by molar-refractivity contribution is 5.66. The molecule has 8 atom stereocenters. The van der Waals surface area contributed by atoms with E-state index in [1.54, 1.807) is 0 Å². The Kier molecular flexibility index (Phi) is 4.02. The molecule has 4 rings (SSSR count). The van der Waals surface area contributed by atoms with Crippen molar-refractivity contribution < 1.29 is 14.6 Å². The largest absolute Gasteiger partial charge is 0.463 e. The van der Waals surface area contributed by atoms with Crippen LogP contribution in [0.1, 0.15) is 78.6 Å². The molecule has 0 unspecified atom stereocenters. The Hall–Kier alpha value is -0.570. The molecule has 4 fully saturated rings. The molecule has 0 aromatic rings. The zero-order chi connectivity index (χ0) is 17.1. The molecule has 0 aliphatic heterocycles. The Morgan fingerprint density at radius 2 is 1.67 bits per heavy atom. The Morgan fingerprint density at radius 3 is 2.42 bits per heavy atom. The van der Waals surface area contributed by atoms with Crippen molar-refractivity contribution in [2.75, 3.05) is 0 Å². The smallest absolute Gasteiger partial charge is 0.302 e. The molecule has 0 radical (unpaired) electrons. The molecule has 1 N–H and O–H groups in total. The maximum Gasteiger partial charge on any atom is 0.302 e. The fourth-order valence-corrected chi connectivity index (χ4v) is 7.53. The summed E-state index contributed by atoms with van der Waals surface area (Å²) in [6.07, 6.45) is 10.8. The Morgan fingerprint density at radius 1 is 0.958 bits per heavy atom. The first-order valence-corrected chi connectivity index (χ1v) is 10.2. The fourth-order valence-electron chi connectivity index (χ4n) is 7.53. The third kappa shape index (κ3) is 2.37. The van der Waals surface area contributed by atoms with E-state index >= 15 is 0 Å². The van der Waals surface area contributed by atoms with Gasteiger partial charge in [-0.2, -0.15) is 0 Å². The molecule has 136 valence electrons. The average Bonchev–Trinajstić information content (AvgIpc) is 2.83. The Balaban J connectivity index is 1.53. The van der Waals surface area contributed by atoms with Gasteiger partial charge in [0.2, 0.25) is 0 Å². The summed E-state index contributed by atoms with van der Waals surface area (Å²) in [5.41, 5.74) is 0.605. The number of hydrogen-bond acceptors (Lipinski definition) is 3. The van der Waals surface area contributed by atoms with Gasteiger partial charge in [-0.05, 0) is 92.3 Å².